The van der Waals surface area contributed by atoms with E-state index in [-0.39, 0.29) is 41.3 Å². The lowest BCUT2D eigenvalue weighted by Crippen LogP contribution is -2.38. The van der Waals surface area contributed by atoms with Crippen LogP contribution in [0.15, 0.2) is 24.3 Å². The lowest BCUT2D eigenvalue weighted by atomic mass is 9.86. The van der Waals surface area contributed by atoms with Crippen LogP contribution in [0.3, 0.4) is 0 Å². The zero-order chi connectivity index (χ0) is 18.7. The second-order valence-corrected chi connectivity index (χ2v) is 7.52. The van der Waals surface area contributed by atoms with Crippen LogP contribution in [0.4, 0.5) is 4.79 Å². The fraction of sp³-hybridized carbons (Fsp3) is 0.444. The molecule has 1 saturated carbocycles. The van der Waals surface area contributed by atoms with Crippen LogP contribution in [0.2, 0.25) is 0 Å². The molecule has 1 aliphatic heterocycles. The van der Waals surface area contributed by atoms with Crippen molar-refractivity contribution in [2.45, 2.75) is 38.3 Å². The van der Waals surface area contributed by atoms with Crippen LogP contribution in [0.5, 0.6) is 0 Å². The average molecular weight is 376 g/mol. The highest BCUT2D eigenvalue weighted by Gasteiger charge is 2.30. The summed E-state index contributed by atoms with van der Waals surface area (Å²) in [7, 11) is 0. The largest absolute Gasteiger partial charge is 0.481 e. The minimum absolute atomic E-state index is 0.0279. The molecule has 2 fully saturated rings. The van der Waals surface area contributed by atoms with Gasteiger partial charge in [0.1, 0.15) is 0 Å². The van der Waals surface area contributed by atoms with Crippen molar-refractivity contribution in [2.24, 2.45) is 5.92 Å². The lowest BCUT2D eigenvalue weighted by molar-refractivity contribution is -0.142. The van der Waals surface area contributed by atoms with E-state index >= 15 is 0 Å². The van der Waals surface area contributed by atoms with Gasteiger partial charge < -0.3 is 10.4 Å². The fourth-order valence-corrected chi connectivity index (χ4v) is 4.01. The molecule has 2 aliphatic rings. The summed E-state index contributed by atoms with van der Waals surface area (Å²) in [4.78, 5) is 48.0. The normalized spacial score (nSPS) is 23.2. The number of carboxylic acid groups (broad SMARTS) is 1. The summed E-state index contributed by atoms with van der Waals surface area (Å²) in [5, 5.41) is 11.7. The SMILES string of the molecule is O=C(NC1CCC(C(=O)O)CC1)c1cccc(CN2C(=O)CSC2=O)c1. The van der Waals surface area contributed by atoms with Crippen molar-refractivity contribution in [3.8, 4) is 0 Å². The number of benzene rings is 1. The molecule has 138 valence electrons. The number of imide groups is 1. The Labute approximate surface area is 155 Å². The molecule has 3 amide bonds. The first-order valence-electron chi connectivity index (χ1n) is 8.54. The molecule has 1 saturated heterocycles. The molecule has 1 aromatic carbocycles. The standard InChI is InChI=1S/C18H20N2O5S/c21-15-10-26-18(25)20(15)9-11-2-1-3-13(8-11)16(22)19-14-6-4-12(5-7-14)17(23)24/h1-3,8,12,14H,4-7,9-10H2,(H,19,22)(H,23,24). The monoisotopic (exact) mass is 376 g/mol. The Kier molecular flexibility index (Phi) is 5.61. The van der Waals surface area contributed by atoms with E-state index in [1.165, 1.54) is 4.90 Å². The summed E-state index contributed by atoms with van der Waals surface area (Å²) < 4.78 is 0. The number of carbonyl (C=O) groups is 4. The lowest BCUT2D eigenvalue weighted by Gasteiger charge is -2.26. The second-order valence-electron chi connectivity index (χ2n) is 6.60. The predicted octanol–water partition coefficient (Wildman–Crippen LogP) is 2.26. The highest BCUT2D eigenvalue weighted by Crippen LogP contribution is 2.25. The van der Waals surface area contributed by atoms with Crippen molar-refractivity contribution < 1.29 is 24.3 Å². The molecular weight excluding hydrogens is 356 g/mol. The van der Waals surface area contributed by atoms with Crippen LogP contribution in [0.1, 0.15) is 41.6 Å². The van der Waals surface area contributed by atoms with Crippen molar-refractivity contribution in [2.75, 3.05) is 5.75 Å². The molecule has 1 heterocycles. The third-order valence-electron chi connectivity index (χ3n) is 4.78. The van der Waals surface area contributed by atoms with E-state index in [1.807, 2.05) is 0 Å². The van der Waals surface area contributed by atoms with Gasteiger partial charge in [0, 0.05) is 11.6 Å². The van der Waals surface area contributed by atoms with Gasteiger partial charge in [0.05, 0.1) is 18.2 Å². The van der Waals surface area contributed by atoms with Gasteiger partial charge in [-0.25, -0.2) is 0 Å². The highest BCUT2D eigenvalue weighted by atomic mass is 32.2. The van der Waals surface area contributed by atoms with Gasteiger partial charge in [-0.15, -0.1) is 0 Å². The minimum atomic E-state index is -0.772. The second kappa shape index (κ2) is 7.90. The first kappa shape index (κ1) is 18.4. The van der Waals surface area contributed by atoms with Crippen molar-refractivity contribution in [3.63, 3.8) is 0 Å². The Hall–Kier alpha value is -2.35. The predicted molar refractivity (Wildman–Crippen MR) is 95.7 cm³/mol. The number of thioether (sulfide) groups is 1. The van der Waals surface area contributed by atoms with E-state index in [0.717, 1.165) is 17.3 Å². The van der Waals surface area contributed by atoms with E-state index in [0.29, 0.717) is 31.2 Å². The number of hydrogen-bond acceptors (Lipinski definition) is 5. The summed E-state index contributed by atoms with van der Waals surface area (Å²) >= 11 is 0.985. The van der Waals surface area contributed by atoms with E-state index in [4.69, 9.17) is 5.11 Å². The number of carboxylic acids is 1. The van der Waals surface area contributed by atoms with Crippen LogP contribution in [0.25, 0.3) is 0 Å². The maximum atomic E-state index is 12.5. The molecule has 0 spiro atoms. The molecular formula is C18H20N2O5S. The first-order valence-corrected chi connectivity index (χ1v) is 9.52. The van der Waals surface area contributed by atoms with Gasteiger partial charge in [-0.3, -0.25) is 24.1 Å². The number of rotatable bonds is 5. The summed E-state index contributed by atoms with van der Waals surface area (Å²) in [5.74, 6) is -1.37. The molecule has 3 rings (SSSR count). The maximum Gasteiger partial charge on any atom is 0.306 e. The van der Waals surface area contributed by atoms with Gasteiger partial charge in [-0.1, -0.05) is 23.9 Å². The Bertz CT molecular complexity index is 727. The molecule has 2 N–H and O–H groups in total. The third kappa shape index (κ3) is 4.24. The Morgan fingerprint density at radius 3 is 2.54 bits per heavy atom. The number of nitrogens with one attached hydrogen (secondary N) is 1. The van der Waals surface area contributed by atoms with Crippen molar-refractivity contribution in [1.82, 2.24) is 10.2 Å². The van der Waals surface area contributed by atoms with Gasteiger partial charge >= 0.3 is 5.97 Å². The van der Waals surface area contributed by atoms with E-state index < -0.39 is 5.97 Å². The van der Waals surface area contributed by atoms with Gasteiger partial charge in [0.2, 0.25) is 5.91 Å². The van der Waals surface area contributed by atoms with Crippen LogP contribution in [-0.4, -0.2) is 44.8 Å². The summed E-state index contributed by atoms with van der Waals surface area (Å²) in [6.07, 6.45) is 2.43. The number of nitrogens with zero attached hydrogens (tertiary/aromatic N) is 1. The summed E-state index contributed by atoms with van der Waals surface area (Å²) in [6.45, 7) is 0.162. The van der Waals surface area contributed by atoms with Gasteiger partial charge in [0.25, 0.3) is 11.1 Å². The van der Waals surface area contributed by atoms with Crippen LogP contribution >= 0.6 is 11.8 Å². The molecule has 0 atom stereocenters. The number of amides is 3. The zero-order valence-electron chi connectivity index (χ0n) is 14.1. The van der Waals surface area contributed by atoms with Gasteiger partial charge in [0.15, 0.2) is 0 Å². The van der Waals surface area contributed by atoms with E-state index in [2.05, 4.69) is 5.32 Å². The third-order valence-corrected chi connectivity index (χ3v) is 5.64. The van der Waals surface area contributed by atoms with Crippen molar-refractivity contribution >= 4 is 34.8 Å². The van der Waals surface area contributed by atoms with Crippen LogP contribution < -0.4 is 5.32 Å². The summed E-state index contributed by atoms with van der Waals surface area (Å²) in [6, 6.07) is 6.84. The molecule has 0 unspecified atom stereocenters. The van der Waals surface area contributed by atoms with Crippen molar-refractivity contribution in [1.29, 1.82) is 0 Å². The van der Waals surface area contributed by atoms with Crippen LogP contribution in [-0.2, 0) is 16.1 Å². The van der Waals surface area contributed by atoms with E-state index in [9.17, 15) is 19.2 Å². The number of aliphatic carboxylic acids is 1. The Balaban J connectivity index is 1.59. The van der Waals surface area contributed by atoms with E-state index in [1.54, 1.807) is 24.3 Å². The maximum absolute atomic E-state index is 12.5. The zero-order valence-corrected chi connectivity index (χ0v) is 15.0. The molecule has 7 nitrogen and oxygen atoms in total. The number of carbonyl (C=O) groups excluding carboxylic acids is 3. The highest BCUT2D eigenvalue weighted by molar-refractivity contribution is 8.14. The molecule has 0 aromatic heterocycles. The molecule has 26 heavy (non-hydrogen) atoms. The minimum Gasteiger partial charge on any atom is -0.481 e. The quantitative estimate of drug-likeness (QED) is 0.817. The van der Waals surface area contributed by atoms with Gasteiger partial charge in [-0.05, 0) is 43.4 Å². The number of hydrogen-bond donors (Lipinski definition) is 2. The average Bonchev–Trinajstić information content (AvgIpc) is 2.94. The molecule has 1 aromatic rings. The molecule has 0 radical (unpaired) electrons. The summed E-state index contributed by atoms with van der Waals surface area (Å²) in [5.41, 5.74) is 1.19. The Morgan fingerprint density at radius 1 is 1.19 bits per heavy atom. The fourth-order valence-electron chi connectivity index (χ4n) is 3.28. The van der Waals surface area contributed by atoms with Crippen LogP contribution in [0, 0.1) is 5.92 Å². The smallest absolute Gasteiger partial charge is 0.306 e. The Morgan fingerprint density at radius 2 is 1.92 bits per heavy atom. The molecule has 8 heteroatoms. The van der Waals surface area contributed by atoms with Crippen molar-refractivity contribution in [3.05, 3.63) is 35.4 Å². The first-order chi connectivity index (χ1) is 12.4. The molecule has 0 bridgehead atoms. The topological polar surface area (TPSA) is 104 Å². The molecule has 1 aliphatic carbocycles. The van der Waals surface area contributed by atoms with Gasteiger partial charge in [-0.2, -0.15) is 0 Å².